The van der Waals surface area contributed by atoms with Crippen LogP contribution in [-0.2, 0) is 4.79 Å². The molecule has 3 fully saturated rings. The van der Waals surface area contributed by atoms with E-state index in [0.717, 1.165) is 36.8 Å². The van der Waals surface area contributed by atoms with Crippen LogP contribution in [0.25, 0.3) is 0 Å². The van der Waals surface area contributed by atoms with E-state index in [-0.39, 0.29) is 49.1 Å². The topological polar surface area (TPSA) is 72.9 Å². The summed E-state index contributed by atoms with van der Waals surface area (Å²) in [5, 5.41) is 13.0. The lowest BCUT2D eigenvalue weighted by Crippen LogP contribution is -2.74. The Morgan fingerprint density at radius 2 is 1.93 bits per heavy atom. The summed E-state index contributed by atoms with van der Waals surface area (Å²) in [6.07, 6.45) is 4.34. The minimum atomic E-state index is -0.227. The molecule has 4 rings (SSSR count). The summed E-state index contributed by atoms with van der Waals surface area (Å²) >= 11 is 0. The summed E-state index contributed by atoms with van der Waals surface area (Å²) in [5.41, 5.74) is 2.04. The smallest absolute Gasteiger partial charge is 0.318 e. The molecule has 0 spiro atoms. The van der Waals surface area contributed by atoms with Gasteiger partial charge in [-0.1, -0.05) is 50.7 Å². The van der Waals surface area contributed by atoms with E-state index in [0.29, 0.717) is 12.5 Å². The second-order valence-corrected chi connectivity index (χ2v) is 9.00. The lowest BCUT2D eigenvalue weighted by Gasteiger charge is -2.58. The lowest BCUT2D eigenvalue weighted by atomic mass is 9.73. The number of fused-ring (bicyclic) bond motifs is 1. The second-order valence-electron chi connectivity index (χ2n) is 9.00. The zero-order valence-corrected chi connectivity index (χ0v) is 17.8. The van der Waals surface area contributed by atoms with Crippen molar-refractivity contribution in [2.45, 2.75) is 63.6 Å². The van der Waals surface area contributed by atoms with Crippen LogP contribution in [0.4, 0.5) is 4.79 Å². The van der Waals surface area contributed by atoms with Crippen molar-refractivity contribution in [1.82, 2.24) is 15.1 Å². The number of hydrogen-bond donors (Lipinski definition) is 2. The summed E-state index contributed by atoms with van der Waals surface area (Å²) in [7, 11) is 0. The minimum Gasteiger partial charge on any atom is -0.394 e. The van der Waals surface area contributed by atoms with Crippen molar-refractivity contribution < 1.29 is 14.7 Å². The molecular formula is C24H31N3O3. The Hall–Kier alpha value is -2.52. The number of benzene rings is 1. The number of piperazine rings is 1. The van der Waals surface area contributed by atoms with Gasteiger partial charge in [-0.2, -0.15) is 0 Å². The van der Waals surface area contributed by atoms with E-state index < -0.39 is 0 Å². The van der Waals surface area contributed by atoms with Crippen molar-refractivity contribution in [3.63, 3.8) is 0 Å². The van der Waals surface area contributed by atoms with Crippen molar-refractivity contribution in [3.05, 3.63) is 35.4 Å². The number of carbonyl (C=O) groups excluding carboxylic acids is 2. The Morgan fingerprint density at radius 3 is 2.57 bits per heavy atom. The summed E-state index contributed by atoms with van der Waals surface area (Å²) in [5.74, 6) is 6.59. The van der Waals surface area contributed by atoms with Crippen LogP contribution in [0.2, 0.25) is 0 Å². The van der Waals surface area contributed by atoms with Crippen LogP contribution in [0.5, 0.6) is 0 Å². The Bertz CT molecular complexity index is 849. The monoisotopic (exact) mass is 409 g/mol. The van der Waals surface area contributed by atoms with E-state index in [1.807, 2.05) is 24.3 Å². The highest BCUT2D eigenvalue weighted by Gasteiger charge is 2.54. The van der Waals surface area contributed by atoms with Gasteiger partial charge in [0.25, 0.3) is 0 Å². The predicted molar refractivity (Wildman–Crippen MR) is 115 cm³/mol. The van der Waals surface area contributed by atoms with Crippen LogP contribution in [0.1, 0.15) is 56.6 Å². The maximum atomic E-state index is 12.7. The van der Waals surface area contributed by atoms with Gasteiger partial charge in [0.1, 0.15) is 6.54 Å². The Labute approximate surface area is 178 Å². The zero-order chi connectivity index (χ0) is 21.3. The van der Waals surface area contributed by atoms with Crippen LogP contribution >= 0.6 is 0 Å². The van der Waals surface area contributed by atoms with E-state index >= 15 is 0 Å². The Balaban J connectivity index is 1.48. The van der Waals surface area contributed by atoms with Gasteiger partial charge in [-0.3, -0.25) is 4.79 Å². The van der Waals surface area contributed by atoms with E-state index in [1.54, 1.807) is 9.80 Å². The average molecular weight is 410 g/mol. The molecule has 2 heterocycles. The molecule has 2 N–H and O–H groups in total. The maximum absolute atomic E-state index is 12.7. The number of carbonyl (C=O) groups is 2. The molecule has 6 nitrogen and oxygen atoms in total. The fraction of sp³-hybridized carbons (Fsp3) is 0.583. The van der Waals surface area contributed by atoms with Crippen LogP contribution in [0.15, 0.2) is 24.3 Å². The van der Waals surface area contributed by atoms with Crippen LogP contribution in [0, 0.1) is 17.8 Å². The zero-order valence-electron chi connectivity index (χ0n) is 17.8. The fourth-order valence-electron chi connectivity index (χ4n) is 5.01. The molecular weight excluding hydrogens is 378 g/mol. The van der Waals surface area contributed by atoms with Crippen LogP contribution in [0.3, 0.4) is 0 Å². The molecule has 0 aromatic heterocycles. The number of nitrogens with one attached hydrogen (secondary N) is 1. The average Bonchev–Trinajstić information content (AvgIpc) is 3.21. The van der Waals surface area contributed by atoms with E-state index in [2.05, 4.69) is 31.0 Å². The lowest BCUT2D eigenvalue weighted by molar-refractivity contribution is -0.159. The van der Waals surface area contributed by atoms with Gasteiger partial charge in [0, 0.05) is 30.0 Å². The highest BCUT2D eigenvalue weighted by atomic mass is 16.3. The van der Waals surface area contributed by atoms with Gasteiger partial charge in [-0.05, 0) is 30.5 Å². The number of amides is 3. The van der Waals surface area contributed by atoms with Gasteiger partial charge in [0.2, 0.25) is 5.91 Å². The standard InChI is InChI=1S/C24H31N3O3/c1-16(2)7-8-17-9-11-18(12-10-17)23-20-13-26(14-22(29)27(20)21(23)15-28)24(30)25-19-5-3-4-6-19/h9-12,16,19-21,23,28H,3-6,13-15H2,1-2H3,(H,25,30)/t20-,21-,23-/m1/s1. The third-order valence-electron chi connectivity index (χ3n) is 6.52. The fourth-order valence-corrected chi connectivity index (χ4v) is 5.01. The molecule has 30 heavy (non-hydrogen) atoms. The van der Waals surface area contributed by atoms with E-state index in [1.165, 1.54) is 0 Å². The summed E-state index contributed by atoms with van der Waals surface area (Å²) in [6.45, 7) is 4.63. The number of aliphatic hydroxyl groups is 1. The molecule has 1 aliphatic carbocycles. The normalized spacial score (nSPS) is 26.1. The number of aliphatic hydroxyl groups excluding tert-OH is 1. The first-order valence-electron chi connectivity index (χ1n) is 11.1. The Kier molecular flexibility index (Phi) is 6.01. The summed E-state index contributed by atoms with van der Waals surface area (Å²) in [4.78, 5) is 28.9. The highest BCUT2D eigenvalue weighted by molar-refractivity contribution is 5.87. The van der Waals surface area contributed by atoms with Gasteiger partial charge < -0.3 is 20.2 Å². The largest absolute Gasteiger partial charge is 0.394 e. The SMILES string of the molecule is CC(C)C#Cc1ccc([C@H]2[C@@H](CO)N3C(=O)CN(C(=O)NC4CCCC4)C[C@H]23)cc1. The number of hydrogen-bond acceptors (Lipinski definition) is 3. The quantitative estimate of drug-likeness (QED) is 0.753. The predicted octanol–water partition coefficient (Wildman–Crippen LogP) is 2.32. The van der Waals surface area contributed by atoms with Crippen molar-refractivity contribution in [2.75, 3.05) is 19.7 Å². The third-order valence-corrected chi connectivity index (χ3v) is 6.52. The minimum absolute atomic E-state index is 0.0214. The van der Waals surface area contributed by atoms with Crippen molar-refractivity contribution in [3.8, 4) is 11.8 Å². The molecule has 1 saturated carbocycles. The first-order chi connectivity index (χ1) is 14.5. The summed E-state index contributed by atoms with van der Waals surface area (Å²) < 4.78 is 0. The van der Waals surface area contributed by atoms with Crippen LogP contribution < -0.4 is 5.32 Å². The van der Waals surface area contributed by atoms with Gasteiger partial charge in [-0.15, -0.1) is 0 Å². The second kappa shape index (κ2) is 8.69. The molecule has 1 aromatic carbocycles. The molecule has 2 aliphatic heterocycles. The van der Waals surface area contributed by atoms with Crippen molar-refractivity contribution >= 4 is 11.9 Å². The molecule has 160 valence electrons. The van der Waals surface area contributed by atoms with Crippen molar-refractivity contribution in [1.29, 1.82) is 0 Å². The molecule has 1 aromatic rings. The summed E-state index contributed by atoms with van der Waals surface area (Å²) in [6, 6.07) is 7.84. The molecule has 3 atom stereocenters. The molecule has 0 bridgehead atoms. The van der Waals surface area contributed by atoms with E-state index in [9.17, 15) is 14.7 Å². The Morgan fingerprint density at radius 1 is 1.23 bits per heavy atom. The number of nitrogens with zero attached hydrogens (tertiary/aromatic N) is 2. The first-order valence-corrected chi connectivity index (χ1v) is 11.1. The van der Waals surface area contributed by atoms with Gasteiger partial charge in [0.05, 0.1) is 18.7 Å². The number of urea groups is 1. The number of rotatable bonds is 3. The van der Waals surface area contributed by atoms with E-state index in [4.69, 9.17) is 0 Å². The van der Waals surface area contributed by atoms with Gasteiger partial charge in [-0.25, -0.2) is 4.79 Å². The molecule has 2 saturated heterocycles. The molecule has 3 aliphatic rings. The first kappa shape index (κ1) is 20.7. The molecule has 0 unspecified atom stereocenters. The van der Waals surface area contributed by atoms with Crippen molar-refractivity contribution in [2.24, 2.45) is 5.92 Å². The third kappa shape index (κ3) is 4.04. The highest BCUT2D eigenvalue weighted by Crippen LogP contribution is 2.42. The molecule has 6 heteroatoms. The van der Waals surface area contributed by atoms with Gasteiger partial charge in [0.15, 0.2) is 0 Å². The molecule has 3 amide bonds. The maximum Gasteiger partial charge on any atom is 0.318 e. The molecule has 0 radical (unpaired) electrons. The van der Waals surface area contributed by atoms with Gasteiger partial charge >= 0.3 is 6.03 Å². The van der Waals surface area contributed by atoms with Crippen LogP contribution in [-0.4, -0.2) is 64.7 Å².